The molecule has 0 N–H and O–H groups in total. The first-order valence-electron chi connectivity index (χ1n) is 7.00. The van der Waals surface area contributed by atoms with Crippen molar-refractivity contribution in [3.8, 4) is 11.5 Å². The SMILES string of the molecule is COc1cc(C2=NCCS2)cc(Br)c1OCc1ccccc1. The predicted molar refractivity (Wildman–Crippen MR) is 95.3 cm³/mol. The minimum Gasteiger partial charge on any atom is -0.493 e. The lowest BCUT2D eigenvalue weighted by Crippen LogP contribution is -2.01. The van der Waals surface area contributed by atoms with Crippen LogP contribution in [0.1, 0.15) is 11.1 Å². The molecule has 0 atom stereocenters. The van der Waals surface area contributed by atoms with Crippen LogP contribution in [0.3, 0.4) is 0 Å². The number of thioether (sulfide) groups is 1. The second-order valence-corrected chi connectivity index (χ2v) is 6.74. The Hall–Kier alpha value is -1.46. The molecule has 0 aromatic heterocycles. The highest BCUT2D eigenvalue weighted by molar-refractivity contribution is 9.10. The molecule has 0 spiro atoms. The first-order valence-corrected chi connectivity index (χ1v) is 8.77. The van der Waals surface area contributed by atoms with E-state index in [-0.39, 0.29) is 0 Å². The Morgan fingerprint density at radius 2 is 2.05 bits per heavy atom. The molecule has 0 amide bonds. The molecule has 5 heteroatoms. The van der Waals surface area contributed by atoms with Crippen LogP contribution < -0.4 is 9.47 Å². The molecule has 3 nitrogen and oxygen atoms in total. The maximum Gasteiger partial charge on any atom is 0.175 e. The summed E-state index contributed by atoms with van der Waals surface area (Å²) in [5, 5.41) is 1.06. The zero-order valence-electron chi connectivity index (χ0n) is 12.2. The van der Waals surface area contributed by atoms with Crippen LogP contribution in [0.25, 0.3) is 0 Å². The van der Waals surface area contributed by atoms with Crippen molar-refractivity contribution in [2.24, 2.45) is 4.99 Å². The Morgan fingerprint density at radius 3 is 2.73 bits per heavy atom. The van der Waals surface area contributed by atoms with Crippen molar-refractivity contribution in [2.45, 2.75) is 6.61 Å². The van der Waals surface area contributed by atoms with E-state index in [0.29, 0.717) is 6.61 Å². The van der Waals surface area contributed by atoms with Crippen LogP contribution in [0.15, 0.2) is 51.9 Å². The van der Waals surface area contributed by atoms with Crippen LogP contribution in [-0.2, 0) is 6.61 Å². The third kappa shape index (κ3) is 3.47. The summed E-state index contributed by atoms with van der Waals surface area (Å²) in [6, 6.07) is 14.1. The molecular formula is C17H16BrNO2S. The molecule has 114 valence electrons. The Labute approximate surface area is 142 Å². The number of halogens is 1. The van der Waals surface area contributed by atoms with Crippen molar-refractivity contribution in [3.63, 3.8) is 0 Å². The van der Waals surface area contributed by atoms with Crippen LogP contribution in [0.5, 0.6) is 11.5 Å². The van der Waals surface area contributed by atoms with E-state index >= 15 is 0 Å². The van der Waals surface area contributed by atoms with Gasteiger partial charge in [-0.3, -0.25) is 4.99 Å². The lowest BCUT2D eigenvalue weighted by molar-refractivity contribution is 0.282. The van der Waals surface area contributed by atoms with Gasteiger partial charge in [0.1, 0.15) is 6.61 Å². The monoisotopic (exact) mass is 377 g/mol. The standard InChI is InChI=1S/C17H16BrNO2S/c1-20-15-10-13(17-19-7-8-22-17)9-14(18)16(15)21-11-12-5-3-2-4-6-12/h2-6,9-10H,7-8,11H2,1H3. The molecular weight excluding hydrogens is 362 g/mol. The van der Waals surface area contributed by atoms with Gasteiger partial charge in [-0.1, -0.05) is 30.3 Å². The number of hydrogen-bond donors (Lipinski definition) is 0. The van der Waals surface area contributed by atoms with E-state index in [1.807, 2.05) is 42.5 Å². The number of methoxy groups -OCH3 is 1. The van der Waals surface area contributed by atoms with Gasteiger partial charge in [0, 0.05) is 17.9 Å². The van der Waals surface area contributed by atoms with E-state index in [9.17, 15) is 0 Å². The number of benzene rings is 2. The number of hydrogen-bond acceptors (Lipinski definition) is 4. The molecule has 0 fully saturated rings. The zero-order chi connectivity index (χ0) is 15.4. The molecule has 0 bridgehead atoms. The summed E-state index contributed by atoms with van der Waals surface area (Å²) in [6.45, 7) is 1.39. The summed E-state index contributed by atoms with van der Waals surface area (Å²) in [4.78, 5) is 4.51. The van der Waals surface area contributed by atoms with E-state index in [0.717, 1.165) is 44.4 Å². The van der Waals surface area contributed by atoms with Gasteiger partial charge < -0.3 is 9.47 Å². The normalized spacial score (nSPS) is 13.8. The van der Waals surface area contributed by atoms with E-state index in [4.69, 9.17) is 9.47 Å². The molecule has 1 aliphatic heterocycles. The van der Waals surface area contributed by atoms with Gasteiger partial charge >= 0.3 is 0 Å². The molecule has 0 unspecified atom stereocenters. The highest BCUT2D eigenvalue weighted by Crippen LogP contribution is 2.38. The topological polar surface area (TPSA) is 30.8 Å². The molecule has 1 heterocycles. The second-order valence-electron chi connectivity index (χ2n) is 4.80. The molecule has 1 aliphatic rings. The number of rotatable bonds is 5. The lowest BCUT2D eigenvalue weighted by atomic mass is 10.2. The molecule has 0 aliphatic carbocycles. The van der Waals surface area contributed by atoms with E-state index in [1.54, 1.807) is 18.9 Å². The van der Waals surface area contributed by atoms with Gasteiger partial charge in [0.25, 0.3) is 0 Å². The van der Waals surface area contributed by atoms with Crippen LogP contribution in [-0.4, -0.2) is 24.5 Å². The third-order valence-corrected chi connectivity index (χ3v) is 4.90. The molecule has 0 saturated carbocycles. The van der Waals surface area contributed by atoms with Crippen molar-refractivity contribution >= 4 is 32.7 Å². The fourth-order valence-corrected chi connectivity index (χ4v) is 3.62. The van der Waals surface area contributed by atoms with Gasteiger partial charge in [-0.15, -0.1) is 11.8 Å². The smallest absolute Gasteiger partial charge is 0.175 e. The first-order chi connectivity index (χ1) is 10.8. The van der Waals surface area contributed by atoms with Crippen molar-refractivity contribution < 1.29 is 9.47 Å². The van der Waals surface area contributed by atoms with Gasteiger partial charge in [-0.05, 0) is 33.6 Å². The second kappa shape index (κ2) is 7.20. The van der Waals surface area contributed by atoms with Crippen LogP contribution in [0.2, 0.25) is 0 Å². The average Bonchev–Trinajstić information content (AvgIpc) is 3.08. The number of nitrogens with zero attached hydrogens (tertiary/aromatic N) is 1. The Morgan fingerprint density at radius 1 is 1.23 bits per heavy atom. The van der Waals surface area contributed by atoms with Crippen LogP contribution in [0, 0.1) is 0 Å². The van der Waals surface area contributed by atoms with Crippen molar-refractivity contribution in [1.82, 2.24) is 0 Å². The van der Waals surface area contributed by atoms with Crippen LogP contribution >= 0.6 is 27.7 Å². The number of aliphatic imine (C=N–C) groups is 1. The van der Waals surface area contributed by atoms with Gasteiger partial charge in [-0.2, -0.15) is 0 Å². The van der Waals surface area contributed by atoms with Crippen LogP contribution in [0.4, 0.5) is 0 Å². The van der Waals surface area contributed by atoms with E-state index < -0.39 is 0 Å². The Balaban J connectivity index is 1.84. The highest BCUT2D eigenvalue weighted by atomic mass is 79.9. The average molecular weight is 378 g/mol. The summed E-state index contributed by atoms with van der Waals surface area (Å²) < 4.78 is 12.3. The van der Waals surface area contributed by atoms with Crippen molar-refractivity contribution in [2.75, 3.05) is 19.4 Å². The number of ether oxygens (including phenoxy) is 2. The summed E-state index contributed by atoms with van der Waals surface area (Å²) in [6.07, 6.45) is 0. The molecule has 0 saturated heterocycles. The molecule has 22 heavy (non-hydrogen) atoms. The molecule has 3 rings (SSSR count). The van der Waals surface area contributed by atoms with Gasteiger partial charge in [-0.25, -0.2) is 0 Å². The van der Waals surface area contributed by atoms with Crippen molar-refractivity contribution in [3.05, 3.63) is 58.1 Å². The van der Waals surface area contributed by atoms with Gasteiger partial charge in [0.15, 0.2) is 11.5 Å². The van der Waals surface area contributed by atoms with E-state index in [1.165, 1.54) is 0 Å². The first kappa shape index (κ1) is 15.4. The Bertz CT molecular complexity index is 689. The quantitative estimate of drug-likeness (QED) is 0.766. The lowest BCUT2D eigenvalue weighted by Gasteiger charge is -2.14. The minimum absolute atomic E-state index is 0.505. The predicted octanol–water partition coefficient (Wildman–Crippen LogP) is 4.53. The molecule has 2 aromatic carbocycles. The van der Waals surface area contributed by atoms with E-state index in [2.05, 4.69) is 20.9 Å². The fraction of sp³-hybridized carbons (Fsp3) is 0.235. The largest absolute Gasteiger partial charge is 0.493 e. The maximum atomic E-state index is 5.94. The van der Waals surface area contributed by atoms with Gasteiger partial charge in [0.05, 0.1) is 16.6 Å². The Kier molecular flexibility index (Phi) is 5.05. The fourth-order valence-electron chi connectivity index (χ4n) is 2.22. The third-order valence-electron chi connectivity index (χ3n) is 3.29. The summed E-state index contributed by atoms with van der Waals surface area (Å²) in [5.74, 6) is 2.48. The molecule has 2 aromatic rings. The summed E-state index contributed by atoms with van der Waals surface area (Å²) >= 11 is 5.36. The zero-order valence-corrected chi connectivity index (χ0v) is 14.6. The summed E-state index contributed by atoms with van der Waals surface area (Å²) in [7, 11) is 1.66. The van der Waals surface area contributed by atoms with Crippen molar-refractivity contribution in [1.29, 1.82) is 0 Å². The maximum absolute atomic E-state index is 5.94. The molecule has 0 radical (unpaired) electrons. The summed E-state index contributed by atoms with van der Waals surface area (Å²) in [5.41, 5.74) is 2.19. The minimum atomic E-state index is 0.505. The highest BCUT2D eigenvalue weighted by Gasteiger charge is 2.16. The van der Waals surface area contributed by atoms with Gasteiger partial charge in [0.2, 0.25) is 0 Å².